The lowest BCUT2D eigenvalue weighted by atomic mass is 10.2. The molecule has 0 saturated carbocycles. The van der Waals surface area contributed by atoms with Crippen LogP contribution < -0.4 is 5.32 Å². The maximum Gasteiger partial charge on any atom is 0.407 e. The van der Waals surface area contributed by atoms with Gasteiger partial charge in [-0.3, -0.25) is 4.79 Å². The minimum Gasteiger partial charge on any atom is -0.447 e. The van der Waals surface area contributed by atoms with Crippen molar-refractivity contribution in [2.24, 2.45) is 0 Å². The van der Waals surface area contributed by atoms with Crippen LogP contribution in [-0.2, 0) is 16.1 Å². The molecule has 2 aromatic rings. The Hall–Kier alpha value is -2.83. The highest BCUT2D eigenvalue weighted by atomic mass is 16.6. The SMILES string of the molecule is CN(Cc1ccc(-n2cccn2)cc1)C(=O)C1COC(=O)N1. The molecule has 1 atom stereocenters. The minimum absolute atomic E-state index is 0.0836. The lowest BCUT2D eigenvalue weighted by Gasteiger charge is -2.20. The van der Waals surface area contributed by atoms with Crippen molar-refractivity contribution in [3.63, 3.8) is 0 Å². The summed E-state index contributed by atoms with van der Waals surface area (Å²) in [5.74, 6) is -0.165. The standard InChI is InChI=1S/C15H16N4O3/c1-18(14(20)13-10-22-15(21)17-13)9-11-3-5-12(6-4-11)19-8-2-7-16-19/h2-8,13H,9-10H2,1H3,(H,17,21). The summed E-state index contributed by atoms with van der Waals surface area (Å²) in [5.41, 5.74) is 1.95. The van der Waals surface area contributed by atoms with Gasteiger partial charge in [0.2, 0.25) is 5.91 Å². The number of nitrogens with one attached hydrogen (secondary N) is 1. The predicted octanol–water partition coefficient (Wildman–Crippen LogP) is 0.939. The molecule has 1 aromatic carbocycles. The summed E-state index contributed by atoms with van der Waals surface area (Å²) < 4.78 is 6.50. The fourth-order valence-corrected chi connectivity index (χ4v) is 2.31. The van der Waals surface area contributed by atoms with Crippen LogP contribution in [0.3, 0.4) is 0 Å². The Balaban J connectivity index is 1.63. The number of aromatic nitrogens is 2. The molecule has 0 radical (unpaired) electrons. The number of carbonyl (C=O) groups excluding carboxylic acids is 2. The summed E-state index contributed by atoms with van der Waals surface area (Å²) in [6, 6.07) is 9.05. The molecule has 1 saturated heterocycles. The Labute approximate surface area is 127 Å². The highest BCUT2D eigenvalue weighted by Gasteiger charge is 2.30. The molecule has 1 aliphatic heterocycles. The predicted molar refractivity (Wildman–Crippen MR) is 78.3 cm³/mol. The second-order valence-corrected chi connectivity index (χ2v) is 5.11. The summed E-state index contributed by atoms with van der Waals surface area (Å²) in [5, 5.41) is 6.65. The molecule has 22 heavy (non-hydrogen) atoms. The molecule has 1 fully saturated rings. The van der Waals surface area contributed by atoms with E-state index in [4.69, 9.17) is 4.74 Å². The number of carbonyl (C=O) groups is 2. The Bertz CT molecular complexity index is 667. The van der Waals surface area contributed by atoms with Gasteiger partial charge in [-0.05, 0) is 23.8 Å². The first-order chi connectivity index (χ1) is 10.6. The van der Waals surface area contributed by atoms with Gasteiger partial charge in [0.25, 0.3) is 0 Å². The van der Waals surface area contributed by atoms with Crippen LogP contribution in [-0.4, -0.2) is 46.4 Å². The maximum absolute atomic E-state index is 12.2. The van der Waals surface area contributed by atoms with E-state index in [0.717, 1.165) is 11.3 Å². The molecule has 3 rings (SSSR count). The molecular weight excluding hydrogens is 284 g/mol. The van der Waals surface area contributed by atoms with E-state index in [-0.39, 0.29) is 12.5 Å². The Kier molecular flexibility index (Phi) is 3.78. The van der Waals surface area contributed by atoms with Crippen molar-refractivity contribution in [3.8, 4) is 5.69 Å². The van der Waals surface area contributed by atoms with E-state index >= 15 is 0 Å². The largest absolute Gasteiger partial charge is 0.447 e. The van der Waals surface area contributed by atoms with E-state index in [0.29, 0.717) is 6.54 Å². The van der Waals surface area contributed by atoms with Crippen molar-refractivity contribution < 1.29 is 14.3 Å². The number of nitrogens with zero attached hydrogens (tertiary/aromatic N) is 3. The molecule has 1 aliphatic rings. The quantitative estimate of drug-likeness (QED) is 0.911. The molecule has 2 heterocycles. The van der Waals surface area contributed by atoms with Crippen molar-refractivity contribution in [3.05, 3.63) is 48.3 Å². The van der Waals surface area contributed by atoms with Gasteiger partial charge in [0.05, 0.1) is 5.69 Å². The third kappa shape index (κ3) is 2.93. The average molecular weight is 300 g/mol. The normalized spacial score (nSPS) is 17.0. The van der Waals surface area contributed by atoms with E-state index < -0.39 is 12.1 Å². The Morgan fingerprint density at radius 3 is 2.82 bits per heavy atom. The minimum atomic E-state index is -0.596. The zero-order chi connectivity index (χ0) is 15.5. The monoisotopic (exact) mass is 300 g/mol. The summed E-state index contributed by atoms with van der Waals surface area (Å²) in [4.78, 5) is 24.7. The van der Waals surface area contributed by atoms with Crippen LogP contribution >= 0.6 is 0 Å². The smallest absolute Gasteiger partial charge is 0.407 e. The van der Waals surface area contributed by atoms with Crippen LogP contribution in [0.2, 0.25) is 0 Å². The number of cyclic esters (lactones) is 1. The molecule has 0 spiro atoms. The van der Waals surface area contributed by atoms with Crippen LogP contribution in [0.25, 0.3) is 5.69 Å². The fourth-order valence-electron chi connectivity index (χ4n) is 2.31. The van der Waals surface area contributed by atoms with Gasteiger partial charge in [0.1, 0.15) is 12.6 Å². The topological polar surface area (TPSA) is 76.5 Å². The Morgan fingerprint density at radius 1 is 1.45 bits per heavy atom. The summed E-state index contributed by atoms with van der Waals surface area (Å²) in [6.45, 7) is 0.546. The van der Waals surface area contributed by atoms with Gasteiger partial charge >= 0.3 is 6.09 Å². The molecule has 0 bridgehead atoms. The number of ether oxygens (including phenoxy) is 1. The lowest BCUT2D eigenvalue weighted by Crippen LogP contribution is -2.43. The number of likely N-dealkylation sites (N-methyl/N-ethyl adjacent to an activating group) is 1. The van der Waals surface area contributed by atoms with E-state index in [9.17, 15) is 9.59 Å². The number of hydrogen-bond acceptors (Lipinski definition) is 4. The van der Waals surface area contributed by atoms with Crippen molar-refractivity contribution >= 4 is 12.0 Å². The van der Waals surface area contributed by atoms with Gasteiger partial charge in [0, 0.05) is 26.0 Å². The van der Waals surface area contributed by atoms with Crippen LogP contribution in [0.5, 0.6) is 0 Å². The summed E-state index contributed by atoms with van der Waals surface area (Å²) >= 11 is 0. The van der Waals surface area contributed by atoms with Crippen LogP contribution in [0.15, 0.2) is 42.7 Å². The van der Waals surface area contributed by atoms with Crippen LogP contribution in [0, 0.1) is 0 Å². The molecule has 1 unspecified atom stereocenters. The van der Waals surface area contributed by atoms with Crippen LogP contribution in [0.4, 0.5) is 4.79 Å². The molecule has 1 N–H and O–H groups in total. The highest BCUT2D eigenvalue weighted by molar-refractivity contribution is 5.87. The van der Waals surface area contributed by atoms with Crippen molar-refractivity contribution in [1.29, 1.82) is 0 Å². The first kappa shape index (κ1) is 14.1. The van der Waals surface area contributed by atoms with E-state index in [1.54, 1.807) is 22.8 Å². The third-order valence-electron chi connectivity index (χ3n) is 3.47. The average Bonchev–Trinajstić information content (AvgIpc) is 3.18. The van der Waals surface area contributed by atoms with E-state index in [2.05, 4.69) is 10.4 Å². The first-order valence-electron chi connectivity index (χ1n) is 6.91. The number of benzene rings is 1. The Morgan fingerprint density at radius 2 is 2.23 bits per heavy atom. The third-order valence-corrected chi connectivity index (χ3v) is 3.47. The number of alkyl carbamates (subject to hydrolysis) is 1. The molecular formula is C15H16N4O3. The number of amides is 2. The first-order valence-corrected chi connectivity index (χ1v) is 6.91. The number of hydrogen-bond donors (Lipinski definition) is 1. The van der Waals surface area contributed by atoms with E-state index in [1.807, 2.05) is 36.5 Å². The zero-order valence-electron chi connectivity index (χ0n) is 12.1. The molecule has 0 aliphatic carbocycles. The molecule has 2 amide bonds. The summed E-state index contributed by atoms with van der Waals surface area (Å²) in [7, 11) is 1.70. The second kappa shape index (κ2) is 5.88. The summed E-state index contributed by atoms with van der Waals surface area (Å²) in [6.07, 6.45) is 3.04. The molecule has 7 nitrogen and oxygen atoms in total. The van der Waals surface area contributed by atoms with Gasteiger partial charge in [-0.15, -0.1) is 0 Å². The second-order valence-electron chi connectivity index (χ2n) is 5.11. The molecule has 7 heteroatoms. The molecule has 1 aromatic heterocycles. The van der Waals surface area contributed by atoms with Gasteiger partial charge in [-0.2, -0.15) is 5.10 Å². The van der Waals surface area contributed by atoms with Crippen molar-refractivity contribution in [2.45, 2.75) is 12.6 Å². The van der Waals surface area contributed by atoms with Gasteiger partial charge in [0.15, 0.2) is 0 Å². The van der Waals surface area contributed by atoms with Gasteiger partial charge < -0.3 is 15.0 Å². The van der Waals surface area contributed by atoms with Crippen molar-refractivity contribution in [2.75, 3.05) is 13.7 Å². The van der Waals surface area contributed by atoms with E-state index in [1.165, 1.54) is 0 Å². The lowest BCUT2D eigenvalue weighted by molar-refractivity contribution is -0.132. The molecule has 114 valence electrons. The highest BCUT2D eigenvalue weighted by Crippen LogP contribution is 2.11. The van der Waals surface area contributed by atoms with Crippen LogP contribution in [0.1, 0.15) is 5.56 Å². The zero-order valence-corrected chi connectivity index (χ0v) is 12.1. The van der Waals surface area contributed by atoms with Gasteiger partial charge in [-0.25, -0.2) is 9.48 Å². The fraction of sp³-hybridized carbons (Fsp3) is 0.267. The maximum atomic E-state index is 12.2. The van der Waals surface area contributed by atoms with Gasteiger partial charge in [-0.1, -0.05) is 12.1 Å². The van der Waals surface area contributed by atoms with Crippen molar-refractivity contribution in [1.82, 2.24) is 20.0 Å². The number of rotatable bonds is 4.